The highest BCUT2D eigenvalue weighted by Gasteiger charge is 2.40. The van der Waals surface area contributed by atoms with E-state index in [1.54, 1.807) is 6.92 Å². The van der Waals surface area contributed by atoms with E-state index in [9.17, 15) is 9.90 Å². The number of ether oxygens (including phenoxy) is 1. The molecule has 0 fully saturated rings. The summed E-state index contributed by atoms with van der Waals surface area (Å²) < 4.78 is 11.7. The van der Waals surface area contributed by atoms with Gasteiger partial charge >= 0.3 is 5.97 Å². The van der Waals surface area contributed by atoms with Gasteiger partial charge in [0.15, 0.2) is 8.32 Å². The van der Waals surface area contributed by atoms with Gasteiger partial charge in [0.1, 0.15) is 6.10 Å². The number of aliphatic hydroxyl groups is 1. The first-order valence-electron chi connectivity index (χ1n) is 7.74. The summed E-state index contributed by atoms with van der Waals surface area (Å²) in [4.78, 5) is 11.3. The number of aliphatic hydroxyl groups excluding tert-OH is 1. The van der Waals surface area contributed by atoms with Crippen LogP contribution in [0.1, 0.15) is 47.0 Å². The zero-order valence-corrected chi connectivity index (χ0v) is 15.2. The third kappa shape index (κ3) is 5.92. The first kappa shape index (κ1) is 18.4. The van der Waals surface area contributed by atoms with Crippen molar-refractivity contribution in [2.24, 2.45) is 0 Å². The van der Waals surface area contributed by atoms with Crippen LogP contribution in [0.3, 0.4) is 0 Å². The van der Waals surface area contributed by atoms with E-state index in [1.165, 1.54) is 6.08 Å². The summed E-state index contributed by atoms with van der Waals surface area (Å²) in [5, 5.41) is 9.84. The number of rotatable bonds is 6. The van der Waals surface area contributed by atoms with Crippen molar-refractivity contribution in [3.8, 4) is 0 Å². The van der Waals surface area contributed by atoms with Crippen LogP contribution in [0, 0.1) is 0 Å². The molecule has 122 valence electrons. The highest BCUT2D eigenvalue weighted by atomic mass is 28.4. The monoisotopic (exact) mass is 314 g/mol. The molecule has 0 aliphatic carbocycles. The zero-order chi connectivity index (χ0) is 16.3. The molecule has 0 amide bonds. The SMILES string of the molecule is C[C@@H](O)C[C@H](C[C@@H]1CC=CC(=O)O1)O[Si](C)(C)C(C)(C)C. The van der Waals surface area contributed by atoms with E-state index in [1.807, 2.05) is 6.08 Å². The van der Waals surface area contributed by atoms with Crippen LogP contribution in [-0.4, -0.2) is 37.7 Å². The predicted molar refractivity (Wildman–Crippen MR) is 86.6 cm³/mol. The van der Waals surface area contributed by atoms with Crippen molar-refractivity contribution in [3.63, 3.8) is 0 Å². The van der Waals surface area contributed by atoms with Crippen molar-refractivity contribution in [3.05, 3.63) is 12.2 Å². The molecular formula is C16H30O4Si. The number of hydrogen-bond donors (Lipinski definition) is 1. The van der Waals surface area contributed by atoms with E-state index in [0.717, 1.165) is 6.42 Å². The van der Waals surface area contributed by atoms with Crippen molar-refractivity contribution >= 4 is 14.3 Å². The van der Waals surface area contributed by atoms with Crippen molar-refractivity contribution < 1.29 is 19.1 Å². The van der Waals surface area contributed by atoms with Crippen LogP contribution in [0.5, 0.6) is 0 Å². The lowest BCUT2D eigenvalue weighted by molar-refractivity contribution is -0.145. The second-order valence-electron chi connectivity index (χ2n) is 7.52. The molecule has 0 aromatic carbocycles. The third-order valence-electron chi connectivity index (χ3n) is 4.33. The molecule has 0 aromatic heterocycles. The number of esters is 1. The maximum Gasteiger partial charge on any atom is 0.330 e. The Kier molecular flexibility index (Phi) is 6.19. The average molecular weight is 314 g/mol. The Morgan fingerprint density at radius 1 is 1.48 bits per heavy atom. The van der Waals surface area contributed by atoms with Gasteiger partial charge in [0, 0.05) is 18.9 Å². The fraction of sp³-hybridized carbons (Fsp3) is 0.812. The summed E-state index contributed by atoms with van der Waals surface area (Å²) >= 11 is 0. The van der Waals surface area contributed by atoms with E-state index in [4.69, 9.17) is 9.16 Å². The van der Waals surface area contributed by atoms with Crippen LogP contribution in [0.2, 0.25) is 18.1 Å². The first-order valence-corrected chi connectivity index (χ1v) is 10.6. The number of hydrogen-bond acceptors (Lipinski definition) is 4. The first-order chi connectivity index (χ1) is 9.51. The predicted octanol–water partition coefficient (Wildman–Crippen LogP) is 3.41. The van der Waals surface area contributed by atoms with Gasteiger partial charge in [-0.3, -0.25) is 0 Å². The molecule has 5 heteroatoms. The van der Waals surface area contributed by atoms with Crippen LogP contribution in [0.25, 0.3) is 0 Å². The molecule has 0 bridgehead atoms. The third-order valence-corrected chi connectivity index (χ3v) is 8.87. The molecule has 4 nitrogen and oxygen atoms in total. The summed E-state index contributed by atoms with van der Waals surface area (Å²) in [6.07, 6.45) is 4.62. The standard InChI is InChI=1S/C16H30O4Si/c1-12(17)10-14(20-21(5,6)16(2,3)4)11-13-8-7-9-15(18)19-13/h7,9,12-14,17H,8,10-11H2,1-6H3/t12-,13+,14-/m1/s1. The minimum absolute atomic E-state index is 0.0739. The minimum Gasteiger partial charge on any atom is -0.459 e. The fourth-order valence-electron chi connectivity index (χ4n) is 2.17. The quantitative estimate of drug-likeness (QED) is 0.603. The van der Waals surface area contributed by atoms with Crippen LogP contribution in [0.4, 0.5) is 0 Å². The van der Waals surface area contributed by atoms with E-state index < -0.39 is 14.4 Å². The van der Waals surface area contributed by atoms with Crippen molar-refractivity contribution in [2.75, 3.05) is 0 Å². The smallest absolute Gasteiger partial charge is 0.330 e. The Hall–Kier alpha value is -0.653. The summed E-state index contributed by atoms with van der Waals surface area (Å²) in [6.45, 7) is 12.8. The molecule has 1 aliphatic heterocycles. The summed E-state index contributed by atoms with van der Waals surface area (Å²) in [5.41, 5.74) is 0. The Bertz CT molecular complexity index is 382. The Labute approximate surface area is 129 Å². The summed E-state index contributed by atoms with van der Waals surface area (Å²) in [5.74, 6) is -0.283. The molecule has 1 aliphatic rings. The molecule has 1 rings (SSSR count). The van der Waals surface area contributed by atoms with Crippen LogP contribution in [0.15, 0.2) is 12.2 Å². The van der Waals surface area contributed by atoms with Gasteiger partial charge in [0.2, 0.25) is 0 Å². The second-order valence-corrected chi connectivity index (χ2v) is 12.3. The molecule has 1 heterocycles. The lowest BCUT2D eigenvalue weighted by Crippen LogP contribution is -2.45. The molecule has 21 heavy (non-hydrogen) atoms. The van der Waals surface area contributed by atoms with Gasteiger partial charge < -0.3 is 14.3 Å². The van der Waals surface area contributed by atoms with Crippen LogP contribution in [-0.2, 0) is 14.0 Å². The number of carbonyl (C=O) groups excluding carboxylic acids is 1. The molecule has 0 aromatic rings. The van der Waals surface area contributed by atoms with Crippen LogP contribution < -0.4 is 0 Å². The van der Waals surface area contributed by atoms with E-state index >= 15 is 0 Å². The van der Waals surface area contributed by atoms with Crippen molar-refractivity contribution in [2.45, 2.75) is 83.4 Å². The Morgan fingerprint density at radius 2 is 2.10 bits per heavy atom. The van der Waals surface area contributed by atoms with Gasteiger partial charge in [-0.15, -0.1) is 0 Å². The highest BCUT2D eigenvalue weighted by molar-refractivity contribution is 6.74. The zero-order valence-electron chi connectivity index (χ0n) is 14.2. The Balaban J connectivity index is 2.72. The molecule has 0 spiro atoms. The van der Waals surface area contributed by atoms with Gasteiger partial charge in [-0.05, 0) is 31.5 Å². The topological polar surface area (TPSA) is 55.8 Å². The molecule has 0 radical (unpaired) electrons. The van der Waals surface area contributed by atoms with Crippen molar-refractivity contribution in [1.82, 2.24) is 0 Å². The average Bonchev–Trinajstić information content (AvgIpc) is 2.25. The lowest BCUT2D eigenvalue weighted by Gasteiger charge is -2.40. The maximum atomic E-state index is 11.3. The van der Waals surface area contributed by atoms with Crippen LogP contribution >= 0.6 is 0 Å². The molecular weight excluding hydrogens is 284 g/mol. The molecule has 0 saturated carbocycles. The minimum atomic E-state index is -1.91. The summed E-state index contributed by atoms with van der Waals surface area (Å²) in [7, 11) is -1.91. The normalized spacial score (nSPS) is 22.8. The Morgan fingerprint density at radius 3 is 2.57 bits per heavy atom. The number of cyclic esters (lactones) is 1. The highest BCUT2D eigenvalue weighted by Crippen LogP contribution is 2.38. The van der Waals surface area contributed by atoms with Gasteiger partial charge in [-0.2, -0.15) is 0 Å². The van der Waals surface area contributed by atoms with Gasteiger partial charge in [-0.1, -0.05) is 26.8 Å². The molecule has 0 unspecified atom stereocenters. The van der Waals surface area contributed by atoms with E-state index in [2.05, 4.69) is 33.9 Å². The largest absolute Gasteiger partial charge is 0.459 e. The van der Waals surface area contributed by atoms with Gasteiger partial charge in [0.25, 0.3) is 0 Å². The molecule has 3 atom stereocenters. The molecule has 1 N–H and O–H groups in total. The fourth-order valence-corrected chi connectivity index (χ4v) is 3.55. The van der Waals surface area contributed by atoms with Crippen molar-refractivity contribution in [1.29, 1.82) is 0 Å². The second kappa shape index (κ2) is 7.07. The maximum absolute atomic E-state index is 11.3. The molecule has 0 saturated heterocycles. The van der Waals surface area contributed by atoms with Gasteiger partial charge in [0.05, 0.1) is 12.2 Å². The lowest BCUT2D eigenvalue weighted by atomic mass is 10.0. The van der Waals surface area contributed by atoms with E-state index in [-0.39, 0.29) is 23.2 Å². The number of carbonyl (C=O) groups is 1. The van der Waals surface area contributed by atoms with Gasteiger partial charge in [-0.25, -0.2) is 4.79 Å². The van der Waals surface area contributed by atoms with E-state index in [0.29, 0.717) is 12.8 Å². The summed E-state index contributed by atoms with van der Waals surface area (Å²) in [6, 6.07) is 0.